The highest BCUT2D eigenvalue weighted by atomic mass is 19.1. The van der Waals surface area contributed by atoms with Gasteiger partial charge in [-0.2, -0.15) is 0 Å². The Labute approximate surface area is 121 Å². The molecule has 1 N–H and O–H groups in total. The van der Waals surface area contributed by atoms with E-state index in [4.69, 9.17) is 4.74 Å². The van der Waals surface area contributed by atoms with Crippen molar-refractivity contribution in [2.24, 2.45) is 0 Å². The smallest absolute Gasteiger partial charge is 0.165 e. The van der Waals surface area contributed by atoms with Gasteiger partial charge in [0.15, 0.2) is 11.6 Å². The molecule has 1 fully saturated rings. The molecule has 1 atom stereocenters. The Bertz CT molecular complexity index is 434. The number of nitrogens with one attached hydrogen (secondary N) is 1. The first kappa shape index (κ1) is 15.3. The summed E-state index contributed by atoms with van der Waals surface area (Å²) in [6.45, 7) is 7.45. The van der Waals surface area contributed by atoms with Gasteiger partial charge >= 0.3 is 0 Å². The lowest BCUT2D eigenvalue weighted by atomic mass is 10.1. The van der Waals surface area contributed by atoms with E-state index in [2.05, 4.69) is 24.1 Å². The van der Waals surface area contributed by atoms with Crippen LogP contribution >= 0.6 is 0 Å². The van der Waals surface area contributed by atoms with Gasteiger partial charge in [0.2, 0.25) is 0 Å². The van der Waals surface area contributed by atoms with Crippen molar-refractivity contribution >= 4 is 0 Å². The number of methoxy groups -OCH3 is 1. The van der Waals surface area contributed by atoms with Crippen molar-refractivity contribution in [2.45, 2.75) is 38.8 Å². The van der Waals surface area contributed by atoms with Gasteiger partial charge in [-0.25, -0.2) is 4.39 Å². The lowest BCUT2D eigenvalue weighted by molar-refractivity contribution is 0.273. The Hall–Kier alpha value is -1.13. The Morgan fingerprint density at radius 3 is 2.80 bits per heavy atom. The molecular formula is C16H25FN2O. The van der Waals surface area contributed by atoms with Crippen molar-refractivity contribution in [2.75, 3.05) is 26.7 Å². The van der Waals surface area contributed by atoms with Crippen LogP contribution in [0.3, 0.4) is 0 Å². The third-order valence-corrected chi connectivity index (χ3v) is 3.99. The molecule has 0 heterocycles. The molecule has 0 aromatic heterocycles. The van der Waals surface area contributed by atoms with Gasteiger partial charge in [-0.05, 0) is 44.0 Å². The van der Waals surface area contributed by atoms with Crippen molar-refractivity contribution in [3.05, 3.63) is 29.6 Å². The molecule has 4 heteroatoms. The standard InChI is InChI=1S/C16H25FN2O/c1-4-19(14-6-7-14)10-9-18-12(2)13-5-8-15(17)16(11-13)20-3/h5,8,11-12,14,18H,4,6-7,9-10H2,1-3H3. The van der Waals surface area contributed by atoms with Crippen LogP contribution in [0.2, 0.25) is 0 Å². The predicted octanol–water partition coefficient (Wildman–Crippen LogP) is 2.97. The van der Waals surface area contributed by atoms with E-state index in [-0.39, 0.29) is 11.9 Å². The zero-order chi connectivity index (χ0) is 14.5. The van der Waals surface area contributed by atoms with Crippen LogP contribution in [0.1, 0.15) is 38.3 Å². The molecule has 0 radical (unpaired) electrons. The highest BCUT2D eigenvalue weighted by Gasteiger charge is 2.27. The van der Waals surface area contributed by atoms with Gasteiger partial charge in [-0.3, -0.25) is 4.90 Å². The first-order valence-corrected chi connectivity index (χ1v) is 7.46. The van der Waals surface area contributed by atoms with Crippen LogP contribution in [0.15, 0.2) is 18.2 Å². The zero-order valence-electron chi connectivity index (χ0n) is 12.7. The van der Waals surface area contributed by atoms with Crippen LogP contribution in [0.4, 0.5) is 4.39 Å². The van der Waals surface area contributed by atoms with Gasteiger partial charge in [0.25, 0.3) is 0 Å². The minimum Gasteiger partial charge on any atom is -0.494 e. The van der Waals surface area contributed by atoms with Gasteiger partial charge in [-0.15, -0.1) is 0 Å². The highest BCUT2D eigenvalue weighted by molar-refractivity contribution is 5.31. The fourth-order valence-electron chi connectivity index (χ4n) is 2.53. The minimum atomic E-state index is -0.311. The number of ether oxygens (including phenoxy) is 1. The average molecular weight is 280 g/mol. The molecule has 112 valence electrons. The van der Waals surface area contributed by atoms with E-state index in [1.165, 1.54) is 26.0 Å². The molecule has 0 saturated heterocycles. The maximum Gasteiger partial charge on any atom is 0.165 e. The SMILES string of the molecule is CCN(CCNC(C)c1ccc(F)c(OC)c1)C1CC1. The van der Waals surface area contributed by atoms with Crippen molar-refractivity contribution in [3.8, 4) is 5.75 Å². The van der Waals surface area contributed by atoms with E-state index < -0.39 is 0 Å². The summed E-state index contributed by atoms with van der Waals surface area (Å²) in [6, 6.07) is 6.05. The Morgan fingerprint density at radius 2 is 2.20 bits per heavy atom. The summed E-state index contributed by atoms with van der Waals surface area (Å²) in [6.07, 6.45) is 2.69. The summed E-state index contributed by atoms with van der Waals surface area (Å²) in [7, 11) is 1.50. The Kier molecular flexibility index (Phi) is 5.38. The molecule has 1 aromatic rings. The largest absolute Gasteiger partial charge is 0.494 e. The molecule has 20 heavy (non-hydrogen) atoms. The van der Waals surface area contributed by atoms with Crippen LogP contribution in [0.25, 0.3) is 0 Å². The van der Waals surface area contributed by atoms with Gasteiger partial charge < -0.3 is 10.1 Å². The van der Waals surface area contributed by atoms with Crippen LogP contribution in [0, 0.1) is 5.82 Å². The summed E-state index contributed by atoms with van der Waals surface area (Å²) in [5.41, 5.74) is 1.05. The van der Waals surface area contributed by atoms with E-state index in [0.717, 1.165) is 31.2 Å². The van der Waals surface area contributed by atoms with Gasteiger partial charge in [-0.1, -0.05) is 13.0 Å². The summed E-state index contributed by atoms with van der Waals surface area (Å²) >= 11 is 0. The molecule has 0 aliphatic heterocycles. The summed E-state index contributed by atoms with van der Waals surface area (Å²) < 4.78 is 18.4. The quantitative estimate of drug-likeness (QED) is 0.792. The number of benzene rings is 1. The highest BCUT2D eigenvalue weighted by Crippen LogP contribution is 2.26. The molecule has 0 spiro atoms. The number of halogens is 1. The van der Waals surface area contributed by atoms with E-state index in [0.29, 0.717) is 5.75 Å². The molecule has 3 nitrogen and oxygen atoms in total. The van der Waals surface area contributed by atoms with E-state index in [1.807, 2.05) is 6.07 Å². The molecule has 2 rings (SSSR count). The van der Waals surface area contributed by atoms with Gasteiger partial charge in [0.05, 0.1) is 7.11 Å². The first-order valence-electron chi connectivity index (χ1n) is 7.46. The Morgan fingerprint density at radius 1 is 1.45 bits per heavy atom. The second-order valence-corrected chi connectivity index (χ2v) is 5.43. The lowest BCUT2D eigenvalue weighted by Gasteiger charge is -2.22. The maximum absolute atomic E-state index is 13.4. The fourth-order valence-corrected chi connectivity index (χ4v) is 2.53. The third kappa shape index (κ3) is 3.93. The summed E-state index contributed by atoms with van der Waals surface area (Å²) in [5.74, 6) is -0.00124. The predicted molar refractivity (Wildman–Crippen MR) is 79.6 cm³/mol. The van der Waals surface area contributed by atoms with Crippen LogP contribution in [0.5, 0.6) is 5.75 Å². The second kappa shape index (κ2) is 7.04. The Balaban J connectivity index is 1.83. The van der Waals surface area contributed by atoms with E-state index in [1.54, 1.807) is 6.07 Å². The number of hydrogen-bond donors (Lipinski definition) is 1. The molecule has 1 saturated carbocycles. The number of likely N-dealkylation sites (N-methyl/N-ethyl adjacent to an activating group) is 1. The topological polar surface area (TPSA) is 24.5 Å². The van der Waals surface area contributed by atoms with E-state index >= 15 is 0 Å². The van der Waals surface area contributed by atoms with Crippen molar-refractivity contribution in [1.82, 2.24) is 10.2 Å². The van der Waals surface area contributed by atoms with E-state index in [9.17, 15) is 4.39 Å². The summed E-state index contributed by atoms with van der Waals surface area (Å²) in [5, 5.41) is 3.50. The number of rotatable bonds is 8. The molecule has 1 aromatic carbocycles. The maximum atomic E-state index is 13.4. The third-order valence-electron chi connectivity index (χ3n) is 3.99. The van der Waals surface area contributed by atoms with Crippen LogP contribution < -0.4 is 10.1 Å². The van der Waals surface area contributed by atoms with Crippen molar-refractivity contribution in [3.63, 3.8) is 0 Å². The number of nitrogens with zero attached hydrogens (tertiary/aromatic N) is 1. The monoisotopic (exact) mass is 280 g/mol. The van der Waals surface area contributed by atoms with Crippen molar-refractivity contribution in [1.29, 1.82) is 0 Å². The zero-order valence-corrected chi connectivity index (χ0v) is 12.7. The molecule has 0 bridgehead atoms. The second-order valence-electron chi connectivity index (χ2n) is 5.43. The lowest BCUT2D eigenvalue weighted by Crippen LogP contribution is -2.34. The molecule has 1 aliphatic carbocycles. The molecular weight excluding hydrogens is 255 g/mol. The minimum absolute atomic E-state index is 0.197. The van der Waals surface area contributed by atoms with Gasteiger partial charge in [0, 0.05) is 25.2 Å². The van der Waals surface area contributed by atoms with Crippen molar-refractivity contribution < 1.29 is 9.13 Å². The van der Waals surface area contributed by atoms with Crippen LogP contribution in [-0.2, 0) is 0 Å². The summed E-state index contributed by atoms with van der Waals surface area (Å²) in [4.78, 5) is 2.52. The molecule has 0 amide bonds. The van der Waals surface area contributed by atoms with Crippen LogP contribution in [-0.4, -0.2) is 37.7 Å². The number of hydrogen-bond acceptors (Lipinski definition) is 3. The fraction of sp³-hybridized carbons (Fsp3) is 0.625. The normalized spacial score (nSPS) is 16.4. The van der Waals surface area contributed by atoms with Gasteiger partial charge in [0.1, 0.15) is 0 Å². The first-order chi connectivity index (χ1) is 9.65. The molecule has 1 unspecified atom stereocenters. The average Bonchev–Trinajstić information content (AvgIpc) is 3.28. The molecule has 1 aliphatic rings.